The first kappa shape index (κ1) is 11.9. The molecule has 1 rings (SSSR count). The Morgan fingerprint density at radius 2 is 1.86 bits per heavy atom. The van der Waals surface area contributed by atoms with Gasteiger partial charge in [-0.05, 0) is 25.2 Å². The lowest BCUT2D eigenvalue weighted by Gasteiger charge is -2.27. The predicted molar refractivity (Wildman–Crippen MR) is 52.0 cm³/mol. The molecule has 1 aliphatic rings. The highest BCUT2D eigenvalue weighted by Crippen LogP contribution is 2.21. The van der Waals surface area contributed by atoms with Crippen LogP contribution in [0.25, 0.3) is 0 Å². The van der Waals surface area contributed by atoms with Crippen LogP contribution in [0.2, 0.25) is 0 Å². The van der Waals surface area contributed by atoms with Crippen LogP contribution in [0.4, 0.5) is 0 Å². The minimum Gasteiger partial charge on any atom is -0.388 e. The summed E-state index contributed by atoms with van der Waals surface area (Å²) in [4.78, 5) is 0. The van der Waals surface area contributed by atoms with Gasteiger partial charge in [-0.2, -0.15) is 0 Å². The van der Waals surface area contributed by atoms with Crippen LogP contribution in [-0.4, -0.2) is 44.9 Å². The smallest absolute Gasteiger partial charge is 0.182 e. The second kappa shape index (κ2) is 6.35. The zero-order valence-electron chi connectivity index (χ0n) is 8.94. The average Bonchev–Trinajstić information content (AvgIpc) is 2.21. The van der Waals surface area contributed by atoms with E-state index >= 15 is 0 Å². The molecular formula is C10H20O4. The number of aliphatic hydroxyl groups excluding tert-OH is 1. The van der Waals surface area contributed by atoms with Crippen molar-refractivity contribution in [2.75, 3.05) is 27.4 Å². The van der Waals surface area contributed by atoms with E-state index in [2.05, 4.69) is 0 Å². The van der Waals surface area contributed by atoms with Crippen molar-refractivity contribution in [3.8, 4) is 0 Å². The Balaban J connectivity index is 2.26. The Labute approximate surface area is 85.2 Å². The SMILES string of the molecule is COC(OC)C(O)CC1CCOCC1. The van der Waals surface area contributed by atoms with E-state index in [4.69, 9.17) is 14.2 Å². The molecule has 0 spiro atoms. The third kappa shape index (κ3) is 3.53. The van der Waals surface area contributed by atoms with Crippen molar-refractivity contribution in [3.63, 3.8) is 0 Å². The Kier molecular flexibility index (Phi) is 5.40. The third-order valence-electron chi connectivity index (χ3n) is 2.69. The van der Waals surface area contributed by atoms with Gasteiger partial charge in [-0.25, -0.2) is 0 Å². The normalized spacial score (nSPS) is 21.4. The van der Waals surface area contributed by atoms with Crippen molar-refractivity contribution in [2.24, 2.45) is 5.92 Å². The van der Waals surface area contributed by atoms with E-state index in [0.717, 1.165) is 32.5 Å². The molecule has 0 aromatic rings. The first-order valence-electron chi connectivity index (χ1n) is 5.09. The Bertz CT molecular complexity index is 141. The van der Waals surface area contributed by atoms with E-state index in [-0.39, 0.29) is 0 Å². The van der Waals surface area contributed by atoms with Gasteiger partial charge in [0.1, 0.15) is 6.10 Å². The number of aliphatic hydroxyl groups is 1. The second-order valence-corrected chi connectivity index (χ2v) is 3.70. The van der Waals surface area contributed by atoms with Crippen LogP contribution in [0.5, 0.6) is 0 Å². The van der Waals surface area contributed by atoms with E-state index in [1.54, 1.807) is 14.2 Å². The molecule has 0 bridgehead atoms. The number of rotatable bonds is 5. The fraction of sp³-hybridized carbons (Fsp3) is 1.00. The molecule has 1 unspecified atom stereocenters. The predicted octanol–water partition coefficient (Wildman–Crippen LogP) is 0.783. The Hall–Kier alpha value is -0.160. The van der Waals surface area contributed by atoms with Crippen molar-refractivity contribution >= 4 is 0 Å². The van der Waals surface area contributed by atoms with Crippen molar-refractivity contribution in [2.45, 2.75) is 31.7 Å². The summed E-state index contributed by atoms with van der Waals surface area (Å²) >= 11 is 0. The number of methoxy groups -OCH3 is 2. The van der Waals surface area contributed by atoms with Crippen LogP contribution in [0.1, 0.15) is 19.3 Å². The van der Waals surface area contributed by atoms with E-state index in [9.17, 15) is 5.11 Å². The summed E-state index contributed by atoms with van der Waals surface area (Å²) in [5, 5.41) is 9.77. The average molecular weight is 204 g/mol. The lowest BCUT2D eigenvalue weighted by molar-refractivity contribution is -0.170. The molecule has 1 aliphatic heterocycles. The van der Waals surface area contributed by atoms with Crippen molar-refractivity contribution in [3.05, 3.63) is 0 Å². The first-order chi connectivity index (χ1) is 6.77. The summed E-state index contributed by atoms with van der Waals surface area (Å²) in [5.41, 5.74) is 0. The molecule has 0 aromatic heterocycles. The van der Waals surface area contributed by atoms with Gasteiger partial charge >= 0.3 is 0 Å². The standard InChI is InChI=1S/C10H20O4/c1-12-10(13-2)9(11)7-8-3-5-14-6-4-8/h8-11H,3-7H2,1-2H3. The highest BCUT2D eigenvalue weighted by atomic mass is 16.7. The summed E-state index contributed by atoms with van der Waals surface area (Å²) in [6.07, 6.45) is 1.75. The molecule has 1 heterocycles. The lowest BCUT2D eigenvalue weighted by atomic mass is 9.93. The molecule has 4 nitrogen and oxygen atoms in total. The second-order valence-electron chi connectivity index (χ2n) is 3.70. The van der Waals surface area contributed by atoms with Gasteiger partial charge in [-0.3, -0.25) is 0 Å². The van der Waals surface area contributed by atoms with Gasteiger partial charge in [-0.1, -0.05) is 0 Å². The van der Waals surface area contributed by atoms with Gasteiger partial charge in [-0.15, -0.1) is 0 Å². The van der Waals surface area contributed by atoms with Gasteiger partial charge in [0.05, 0.1) is 0 Å². The molecule has 0 aliphatic carbocycles. The zero-order valence-corrected chi connectivity index (χ0v) is 8.94. The quantitative estimate of drug-likeness (QED) is 0.672. The molecule has 14 heavy (non-hydrogen) atoms. The van der Waals surface area contributed by atoms with E-state index in [1.807, 2.05) is 0 Å². The van der Waals surface area contributed by atoms with Crippen LogP contribution in [-0.2, 0) is 14.2 Å². The van der Waals surface area contributed by atoms with Gasteiger partial charge in [0.15, 0.2) is 6.29 Å². The van der Waals surface area contributed by atoms with Crippen LogP contribution in [0.15, 0.2) is 0 Å². The number of hydrogen-bond acceptors (Lipinski definition) is 4. The summed E-state index contributed by atoms with van der Waals surface area (Å²) in [6.45, 7) is 1.62. The number of ether oxygens (including phenoxy) is 3. The van der Waals surface area contributed by atoms with Gasteiger partial charge in [0.2, 0.25) is 0 Å². The molecule has 1 saturated heterocycles. The monoisotopic (exact) mass is 204 g/mol. The Morgan fingerprint density at radius 3 is 2.36 bits per heavy atom. The zero-order chi connectivity index (χ0) is 10.4. The molecular weight excluding hydrogens is 184 g/mol. The molecule has 84 valence electrons. The number of hydrogen-bond donors (Lipinski definition) is 1. The van der Waals surface area contributed by atoms with Gasteiger partial charge in [0, 0.05) is 27.4 Å². The van der Waals surface area contributed by atoms with Crippen molar-refractivity contribution < 1.29 is 19.3 Å². The molecule has 0 radical (unpaired) electrons. The molecule has 1 atom stereocenters. The molecule has 0 saturated carbocycles. The molecule has 0 aromatic carbocycles. The summed E-state index contributed by atoms with van der Waals surface area (Å²) in [5.74, 6) is 0.534. The summed E-state index contributed by atoms with van der Waals surface area (Å²) in [6, 6.07) is 0. The largest absolute Gasteiger partial charge is 0.388 e. The molecule has 1 N–H and O–H groups in total. The van der Waals surface area contributed by atoms with E-state index in [0.29, 0.717) is 5.92 Å². The maximum absolute atomic E-state index is 9.77. The van der Waals surface area contributed by atoms with Crippen LogP contribution >= 0.6 is 0 Å². The Morgan fingerprint density at radius 1 is 1.29 bits per heavy atom. The maximum atomic E-state index is 9.77. The van der Waals surface area contributed by atoms with Crippen molar-refractivity contribution in [1.82, 2.24) is 0 Å². The van der Waals surface area contributed by atoms with E-state index in [1.165, 1.54) is 0 Å². The summed E-state index contributed by atoms with van der Waals surface area (Å²) < 4.78 is 15.2. The molecule has 0 amide bonds. The topological polar surface area (TPSA) is 47.9 Å². The first-order valence-corrected chi connectivity index (χ1v) is 5.09. The highest BCUT2D eigenvalue weighted by molar-refractivity contribution is 4.70. The molecule has 4 heteroatoms. The maximum Gasteiger partial charge on any atom is 0.182 e. The van der Waals surface area contributed by atoms with Crippen molar-refractivity contribution in [1.29, 1.82) is 0 Å². The minimum absolute atomic E-state index is 0.502. The van der Waals surface area contributed by atoms with Gasteiger partial charge < -0.3 is 19.3 Å². The summed E-state index contributed by atoms with van der Waals surface area (Å²) in [7, 11) is 3.09. The van der Waals surface area contributed by atoms with Crippen LogP contribution in [0.3, 0.4) is 0 Å². The third-order valence-corrected chi connectivity index (χ3v) is 2.69. The van der Waals surface area contributed by atoms with E-state index < -0.39 is 12.4 Å². The molecule has 1 fully saturated rings. The minimum atomic E-state index is -0.534. The fourth-order valence-electron chi connectivity index (χ4n) is 1.85. The lowest BCUT2D eigenvalue weighted by Crippen LogP contribution is -2.33. The van der Waals surface area contributed by atoms with Crippen LogP contribution in [0, 0.1) is 5.92 Å². The van der Waals surface area contributed by atoms with Gasteiger partial charge in [0.25, 0.3) is 0 Å². The van der Waals surface area contributed by atoms with Crippen LogP contribution < -0.4 is 0 Å². The highest BCUT2D eigenvalue weighted by Gasteiger charge is 2.23. The fourth-order valence-corrected chi connectivity index (χ4v) is 1.85.